The maximum Gasteiger partial charge on any atom is 0.255 e. The third-order valence-corrected chi connectivity index (χ3v) is 4.26. The molecule has 0 radical (unpaired) electrons. The number of nitrogens with zero attached hydrogens (tertiary/aromatic N) is 1. The van der Waals surface area contributed by atoms with Crippen LogP contribution >= 0.6 is 0 Å². The van der Waals surface area contributed by atoms with Gasteiger partial charge in [0.25, 0.3) is 5.91 Å². The number of benzene rings is 1. The van der Waals surface area contributed by atoms with E-state index in [-0.39, 0.29) is 11.9 Å². The SMILES string of the molecule is COc1ccccc1C(=O)NCC(c1ccco1)N1CCCC1. The van der Waals surface area contributed by atoms with Gasteiger partial charge >= 0.3 is 0 Å². The molecule has 2 heterocycles. The summed E-state index contributed by atoms with van der Waals surface area (Å²) in [6, 6.07) is 11.2. The van der Waals surface area contributed by atoms with Gasteiger partial charge in [-0.25, -0.2) is 0 Å². The second-order valence-electron chi connectivity index (χ2n) is 5.68. The van der Waals surface area contributed by atoms with Crippen molar-refractivity contribution in [1.29, 1.82) is 0 Å². The van der Waals surface area contributed by atoms with Crippen LogP contribution in [0.2, 0.25) is 0 Å². The highest BCUT2D eigenvalue weighted by atomic mass is 16.5. The van der Waals surface area contributed by atoms with Crippen LogP contribution in [0.15, 0.2) is 47.1 Å². The lowest BCUT2D eigenvalue weighted by atomic mass is 10.1. The van der Waals surface area contributed by atoms with Gasteiger partial charge in [-0.2, -0.15) is 0 Å². The average Bonchev–Trinajstić information content (AvgIpc) is 3.29. The van der Waals surface area contributed by atoms with Gasteiger partial charge in [-0.3, -0.25) is 9.69 Å². The highest BCUT2D eigenvalue weighted by molar-refractivity contribution is 5.96. The molecule has 1 aliphatic rings. The van der Waals surface area contributed by atoms with E-state index >= 15 is 0 Å². The van der Waals surface area contributed by atoms with Gasteiger partial charge in [0.1, 0.15) is 11.5 Å². The second kappa shape index (κ2) is 7.33. The summed E-state index contributed by atoms with van der Waals surface area (Å²) in [5.74, 6) is 1.35. The molecule has 1 saturated heterocycles. The Morgan fingerprint density at radius 1 is 1.26 bits per heavy atom. The fourth-order valence-electron chi connectivity index (χ4n) is 3.06. The van der Waals surface area contributed by atoms with Crippen LogP contribution in [-0.4, -0.2) is 37.6 Å². The molecule has 1 amide bonds. The highest BCUT2D eigenvalue weighted by Gasteiger charge is 2.26. The van der Waals surface area contributed by atoms with E-state index in [1.54, 1.807) is 25.5 Å². The van der Waals surface area contributed by atoms with Crippen LogP contribution in [0.3, 0.4) is 0 Å². The first-order valence-corrected chi connectivity index (χ1v) is 7.98. The Hall–Kier alpha value is -2.27. The molecule has 0 bridgehead atoms. The van der Waals surface area contributed by atoms with Crippen molar-refractivity contribution in [2.75, 3.05) is 26.7 Å². The number of hydrogen-bond acceptors (Lipinski definition) is 4. The van der Waals surface area contributed by atoms with E-state index in [9.17, 15) is 4.79 Å². The molecule has 23 heavy (non-hydrogen) atoms. The normalized spacial score (nSPS) is 16.2. The molecule has 2 aromatic rings. The third kappa shape index (κ3) is 3.56. The van der Waals surface area contributed by atoms with Gasteiger partial charge in [-0.05, 0) is 50.2 Å². The molecule has 1 atom stereocenters. The van der Waals surface area contributed by atoms with Crippen molar-refractivity contribution in [1.82, 2.24) is 10.2 Å². The smallest absolute Gasteiger partial charge is 0.255 e. The Bertz CT molecular complexity index is 633. The van der Waals surface area contributed by atoms with Gasteiger partial charge in [0.2, 0.25) is 0 Å². The summed E-state index contributed by atoms with van der Waals surface area (Å²) in [7, 11) is 1.57. The topological polar surface area (TPSA) is 54.7 Å². The number of nitrogens with one attached hydrogen (secondary N) is 1. The van der Waals surface area contributed by atoms with E-state index in [0.29, 0.717) is 17.9 Å². The van der Waals surface area contributed by atoms with Crippen molar-refractivity contribution >= 4 is 5.91 Å². The maximum atomic E-state index is 12.5. The number of ether oxygens (including phenoxy) is 1. The van der Waals surface area contributed by atoms with Crippen LogP contribution in [0.1, 0.15) is 35.0 Å². The Balaban J connectivity index is 1.70. The number of methoxy groups -OCH3 is 1. The minimum Gasteiger partial charge on any atom is -0.496 e. The third-order valence-electron chi connectivity index (χ3n) is 4.26. The number of para-hydroxylation sites is 1. The van der Waals surface area contributed by atoms with Gasteiger partial charge in [-0.1, -0.05) is 12.1 Å². The summed E-state index contributed by atoms with van der Waals surface area (Å²) in [5, 5.41) is 3.02. The fraction of sp³-hybridized carbons (Fsp3) is 0.389. The molecule has 0 aliphatic carbocycles. The number of carbonyl (C=O) groups excluding carboxylic acids is 1. The standard InChI is InChI=1S/C18H22N2O3/c1-22-16-8-3-2-7-14(16)18(21)19-13-15(17-9-6-12-23-17)20-10-4-5-11-20/h2-3,6-9,12,15H,4-5,10-11,13H2,1H3,(H,19,21). The second-order valence-corrected chi connectivity index (χ2v) is 5.68. The van der Waals surface area contributed by atoms with E-state index in [4.69, 9.17) is 9.15 Å². The Morgan fingerprint density at radius 2 is 2.04 bits per heavy atom. The minimum atomic E-state index is -0.127. The largest absolute Gasteiger partial charge is 0.496 e. The zero-order valence-corrected chi connectivity index (χ0v) is 13.3. The van der Waals surface area contributed by atoms with E-state index in [2.05, 4.69) is 10.2 Å². The molecule has 1 N–H and O–H groups in total. The van der Waals surface area contributed by atoms with E-state index in [1.807, 2.05) is 24.3 Å². The monoisotopic (exact) mass is 314 g/mol. The molecule has 1 fully saturated rings. The van der Waals surface area contributed by atoms with Gasteiger partial charge in [0.05, 0.1) is 25.0 Å². The van der Waals surface area contributed by atoms with Gasteiger partial charge < -0.3 is 14.5 Å². The minimum absolute atomic E-state index is 0.0751. The predicted molar refractivity (Wildman–Crippen MR) is 87.6 cm³/mol. The molecule has 1 aromatic heterocycles. The number of rotatable bonds is 6. The summed E-state index contributed by atoms with van der Waals surface area (Å²) < 4.78 is 10.8. The van der Waals surface area contributed by atoms with Crippen LogP contribution in [0, 0.1) is 0 Å². The zero-order chi connectivity index (χ0) is 16.1. The highest BCUT2D eigenvalue weighted by Crippen LogP contribution is 2.25. The molecule has 1 aromatic carbocycles. The van der Waals surface area contributed by atoms with E-state index in [0.717, 1.165) is 18.8 Å². The summed E-state index contributed by atoms with van der Waals surface area (Å²) in [6.07, 6.45) is 4.07. The summed E-state index contributed by atoms with van der Waals surface area (Å²) in [5.41, 5.74) is 0.551. The Labute approximate surface area is 136 Å². The van der Waals surface area contributed by atoms with Crippen LogP contribution in [0.25, 0.3) is 0 Å². The molecule has 0 saturated carbocycles. The van der Waals surface area contributed by atoms with Crippen LogP contribution in [0.4, 0.5) is 0 Å². The first-order valence-electron chi connectivity index (χ1n) is 7.98. The molecular weight excluding hydrogens is 292 g/mol. The first-order chi connectivity index (χ1) is 11.3. The number of amides is 1. The number of hydrogen-bond donors (Lipinski definition) is 1. The lowest BCUT2D eigenvalue weighted by Gasteiger charge is -2.26. The summed E-state index contributed by atoms with van der Waals surface area (Å²) >= 11 is 0. The molecule has 1 aliphatic heterocycles. The fourth-order valence-corrected chi connectivity index (χ4v) is 3.06. The lowest BCUT2D eigenvalue weighted by molar-refractivity contribution is 0.0931. The molecule has 1 unspecified atom stereocenters. The molecule has 122 valence electrons. The van der Waals surface area contributed by atoms with Crippen molar-refractivity contribution in [3.8, 4) is 5.75 Å². The van der Waals surface area contributed by atoms with Crippen molar-refractivity contribution in [2.24, 2.45) is 0 Å². The Morgan fingerprint density at radius 3 is 2.74 bits per heavy atom. The van der Waals surface area contributed by atoms with Crippen molar-refractivity contribution < 1.29 is 13.9 Å². The number of likely N-dealkylation sites (tertiary alicyclic amines) is 1. The molecule has 5 heteroatoms. The summed E-state index contributed by atoms with van der Waals surface area (Å²) in [4.78, 5) is 14.8. The number of carbonyl (C=O) groups is 1. The van der Waals surface area contributed by atoms with Crippen LogP contribution in [-0.2, 0) is 0 Å². The predicted octanol–water partition coefficient (Wildman–Crippen LogP) is 2.86. The van der Waals surface area contributed by atoms with Crippen LogP contribution < -0.4 is 10.1 Å². The van der Waals surface area contributed by atoms with Crippen molar-refractivity contribution in [3.05, 3.63) is 54.0 Å². The van der Waals surface area contributed by atoms with E-state index in [1.165, 1.54) is 12.8 Å². The van der Waals surface area contributed by atoms with E-state index < -0.39 is 0 Å². The number of furan rings is 1. The average molecular weight is 314 g/mol. The van der Waals surface area contributed by atoms with Gasteiger partial charge in [0.15, 0.2) is 0 Å². The quantitative estimate of drug-likeness (QED) is 0.891. The van der Waals surface area contributed by atoms with Crippen molar-refractivity contribution in [3.63, 3.8) is 0 Å². The zero-order valence-electron chi connectivity index (χ0n) is 13.3. The van der Waals surface area contributed by atoms with Crippen LogP contribution in [0.5, 0.6) is 5.75 Å². The molecular formula is C18H22N2O3. The van der Waals surface area contributed by atoms with Crippen molar-refractivity contribution in [2.45, 2.75) is 18.9 Å². The summed E-state index contributed by atoms with van der Waals surface area (Å²) in [6.45, 7) is 2.59. The molecule has 0 spiro atoms. The maximum absolute atomic E-state index is 12.5. The molecule has 3 rings (SSSR count). The van der Waals surface area contributed by atoms with Gasteiger partial charge in [-0.15, -0.1) is 0 Å². The lowest BCUT2D eigenvalue weighted by Crippen LogP contribution is -2.36. The Kier molecular flexibility index (Phi) is 4.98. The van der Waals surface area contributed by atoms with Gasteiger partial charge in [0, 0.05) is 6.54 Å². The first kappa shape index (κ1) is 15.6. The molecule has 5 nitrogen and oxygen atoms in total.